The van der Waals surface area contributed by atoms with Crippen LogP contribution >= 0.6 is 0 Å². The number of sulfone groups is 1. The lowest BCUT2D eigenvalue weighted by molar-refractivity contribution is -0.306. The first-order valence-corrected chi connectivity index (χ1v) is 14.2. The second-order valence-electron chi connectivity index (χ2n) is 9.75. The summed E-state index contributed by atoms with van der Waals surface area (Å²) in [6.45, 7) is 8.97. The molecule has 14 nitrogen and oxygen atoms in total. The van der Waals surface area contributed by atoms with Crippen LogP contribution in [-0.4, -0.2) is 114 Å². The molecule has 2 aliphatic rings. The number of urea groups is 1. The van der Waals surface area contributed by atoms with Crippen molar-refractivity contribution in [1.82, 2.24) is 14.7 Å². The monoisotopic (exact) mass is 587 g/mol. The third-order valence-electron chi connectivity index (χ3n) is 6.67. The first-order valence-electron chi connectivity index (χ1n) is 12.6. The van der Waals surface area contributed by atoms with Crippen LogP contribution in [0.15, 0.2) is 35.2 Å². The van der Waals surface area contributed by atoms with Crippen molar-refractivity contribution in [2.24, 2.45) is 0 Å². The maximum Gasteiger partial charge on any atom is 0.401 e. The van der Waals surface area contributed by atoms with Crippen LogP contribution in [0.3, 0.4) is 0 Å². The van der Waals surface area contributed by atoms with E-state index in [1.165, 1.54) is 50.1 Å². The summed E-state index contributed by atoms with van der Waals surface area (Å²) < 4.78 is 44.1. The largest absolute Gasteiger partial charge is 0.434 e. The van der Waals surface area contributed by atoms with Gasteiger partial charge in [0.1, 0.15) is 0 Å². The number of hydrogen-bond donors (Lipinski definition) is 1. The second-order valence-corrected chi connectivity index (χ2v) is 11.7. The molecule has 3 unspecified atom stereocenters. The Kier molecular flexibility index (Phi) is 10.3. The van der Waals surface area contributed by atoms with Gasteiger partial charge in [-0.25, -0.2) is 22.9 Å². The van der Waals surface area contributed by atoms with Crippen molar-refractivity contribution in [3.63, 3.8) is 0 Å². The van der Waals surface area contributed by atoms with E-state index in [1.807, 2.05) is 18.7 Å². The lowest BCUT2D eigenvalue weighted by Crippen LogP contribution is -2.70. The number of ether oxygens (including phenoxy) is 3. The number of carbonyl (C=O) groups excluding carboxylic acids is 4. The quantitative estimate of drug-likeness (QED) is 0.379. The van der Waals surface area contributed by atoms with E-state index in [-0.39, 0.29) is 16.9 Å². The Labute approximate surface area is 233 Å². The molecule has 2 aliphatic heterocycles. The highest BCUT2D eigenvalue weighted by Gasteiger charge is 2.68. The maximum absolute atomic E-state index is 13.9. The van der Waals surface area contributed by atoms with Crippen molar-refractivity contribution in [1.29, 1.82) is 0 Å². The van der Waals surface area contributed by atoms with Crippen LogP contribution in [-0.2, 0) is 38.4 Å². The number of carbonyl (C=O) groups is 4. The first-order chi connectivity index (χ1) is 18.2. The van der Waals surface area contributed by atoms with Crippen molar-refractivity contribution in [2.45, 2.75) is 68.4 Å². The maximum atomic E-state index is 13.9. The molecule has 2 bridgehead atoms. The summed E-state index contributed by atoms with van der Waals surface area (Å²) in [5.74, 6) is -7.15. The molecular formula is C25H37N3O11S. The number of cyclic esters (lactones) is 1. The molecule has 15 heteroatoms. The summed E-state index contributed by atoms with van der Waals surface area (Å²) in [4.78, 5) is 56.7. The average molecular weight is 588 g/mol. The molecule has 2 fully saturated rings. The van der Waals surface area contributed by atoms with Gasteiger partial charge in [0, 0.05) is 26.2 Å². The summed E-state index contributed by atoms with van der Waals surface area (Å²) in [5, 5.41) is 10.9. The highest BCUT2D eigenvalue weighted by atomic mass is 32.2. The highest BCUT2D eigenvalue weighted by Crippen LogP contribution is 2.42. The predicted molar refractivity (Wildman–Crippen MR) is 139 cm³/mol. The lowest BCUT2D eigenvalue weighted by atomic mass is 9.96. The molecule has 0 saturated carbocycles. The summed E-state index contributed by atoms with van der Waals surface area (Å²) >= 11 is 0. The van der Waals surface area contributed by atoms with Crippen molar-refractivity contribution < 1.29 is 52.4 Å². The number of fused-ring (bicyclic) bond motifs is 3. The Morgan fingerprint density at radius 1 is 1.02 bits per heavy atom. The van der Waals surface area contributed by atoms with Crippen molar-refractivity contribution >= 4 is 33.8 Å². The second kappa shape index (κ2) is 12.5. The zero-order valence-electron chi connectivity index (χ0n) is 23.2. The normalized spacial score (nSPS) is 24.7. The lowest BCUT2D eigenvalue weighted by Gasteiger charge is -2.46. The molecule has 2 saturated heterocycles. The molecule has 0 radical (unpaired) electrons. The van der Waals surface area contributed by atoms with E-state index in [2.05, 4.69) is 0 Å². The zero-order chi connectivity index (χ0) is 29.2. The molecule has 1 aromatic carbocycles. The summed E-state index contributed by atoms with van der Waals surface area (Å²) in [5.41, 5.74) is -5.18. The zero-order valence-corrected chi connectivity index (χ0v) is 24.0. The summed E-state index contributed by atoms with van der Waals surface area (Å²) in [6, 6.07) is 4.99. The molecule has 224 valence electrons. The minimum atomic E-state index is -4.78. The predicted octanol–water partition coefficient (Wildman–Crippen LogP) is -0.112. The van der Waals surface area contributed by atoms with Crippen molar-refractivity contribution in [3.8, 4) is 0 Å². The number of esters is 3. The van der Waals surface area contributed by atoms with Gasteiger partial charge >= 0.3 is 35.3 Å². The van der Waals surface area contributed by atoms with Crippen LogP contribution in [0.5, 0.6) is 0 Å². The van der Waals surface area contributed by atoms with E-state index in [9.17, 15) is 32.7 Å². The topological polar surface area (TPSA) is 192 Å². The minimum absolute atomic E-state index is 0. The fraction of sp³-hybridized carbons (Fsp3) is 0.600. The van der Waals surface area contributed by atoms with Crippen LogP contribution in [0.2, 0.25) is 0 Å². The van der Waals surface area contributed by atoms with Crippen molar-refractivity contribution in [3.05, 3.63) is 30.3 Å². The number of amides is 2. The van der Waals surface area contributed by atoms with Gasteiger partial charge in [-0.05, 0) is 39.1 Å². The van der Waals surface area contributed by atoms with Gasteiger partial charge in [0.05, 0.1) is 17.7 Å². The van der Waals surface area contributed by atoms with Gasteiger partial charge in [-0.15, -0.1) is 0 Å². The molecule has 1 aromatic rings. The number of nitrogens with zero attached hydrogens (tertiary/aromatic N) is 3. The first kappa shape index (κ1) is 32.9. The molecule has 40 heavy (non-hydrogen) atoms. The standard InChI is InChI=1S/C25H35N3O10S.H2O/c1-6-27(7-2)14-13-26(5)23(32)28(17(3)4)25-22(39(34,35)18-11-9-8-10-12-18)36-19(29)15-24(33,21(31)38-25)16-20(30)37-25;/h8-12,17,22,33H,6-7,13-16H2,1-5H3;1H2. The van der Waals surface area contributed by atoms with E-state index in [0.29, 0.717) is 6.54 Å². The number of hydrogen-bond acceptors (Lipinski definition) is 11. The Morgan fingerprint density at radius 3 is 2.15 bits per heavy atom. The molecule has 0 aliphatic carbocycles. The average Bonchev–Trinajstić information content (AvgIpc) is 2.93. The third-order valence-corrected chi connectivity index (χ3v) is 8.56. The SMILES string of the molecule is CCN(CC)CCN(C)C(=O)N(C(C)C)C12OC(=O)CC(O)(CC(=O)OC1S(=O)(=O)c1ccccc1)C(=O)O2.O. The number of likely N-dealkylation sites (N-methyl/N-ethyl adjacent to an activating group) is 2. The van der Waals surface area contributed by atoms with Crippen LogP contribution in [0, 0.1) is 0 Å². The molecular weight excluding hydrogens is 550 g/mol. The van der Waals surface area contributed by atoms with Gasteiger partial charge < -0.3 is 34.6 Å². The Morgan fingerprint density at radius 2 is 1.60 bits per heavy atom. The van der Waals surface area contributed by atoms with Crippen LogP contribution in [0.1, 0.15) is 40.5 Å². The Bertz CT molecular complexity index is 1210. The molecule has 2 heterocycles. The molecule has 3 atom stereocenters. The van der Waals surface area contributed by atoms with Gasteiger partial charge in [-0.2, -0.15) is 0 Å². The Balaban J connectivity index is 0.00000560. The molecule has 0 spiro atoms. The molecule has 3 N–H and O–H groups in total. The van der Waals surface area contributed by atoms with Gasteiger partial charge in [0.15, 0.2) is 5.60 Å². The van der Waals surface area contributed by atoms with E-state index >= 15 is 0 Å². The van der Waals surface area contributed by atoms with E-state index < -0.39 is 69.6 Å². The summed E-state index contributed by atoms with van der Waals surface area (Å²) in [6.07, 6.45) is -2.07. The van der Waals surface area contributed by atoms with Crippen molar-refractivity contribution in [2.75, 3.05) is 33.2 Å². The fourth-order valence-electron chi connectivity index (χ4n) is 4.49. The fourth-order valence-corrected chi connectivity index (χ4v) is 6.11. The smallest absolute Gasteiger partial charge is 0.401 e. The van der Waals surface area contributed by atoms with Gasteiger partial charge in [-0.3, -0.25) is 9.59 Å². The molecule has 2 amide bonds. The van der Waals surface area contributed by atoms with Gasteiger partial charge in [0.25, 0.3) is 0 Å². The highest BCUT2D eigenvalue weighted by molar-refractivity contribution is 7.92. The van der Waals surface area contributed by atoms with Crippen LogP contribution < -0.4 is 0 Å². The number of rotatable bonds is 9. The molecule has 0 aromatic heterocycles. The Hall–Kier alpha value is -3.27. The van der Waals surface area contributed by atoms with E-state index in [0.717, 1.165) is 18.0 Å². The van der Waals surface area contributed by atoms with Crippen LogP contribution in [0.25, 0.3) is 0 Å². The van der Waals surface area contributed by atoms with E-state index in [4.69, 9.17) is 14.2 Å². The van der Waals surface area contributed by atoms with Gasteiger partial charge in [-0.1, -0.05) is 32.0 Å². The van der Waals surface area contributed by atoms with E-state index in [1.54, 1.807) is 6.07 Å². The minimum Gasteiger partial charge on any atom is -0.434 e. The molecule has 3 rings (SSSR count). The van der Waals surface area contributed by atoms with Crippen LogP contribution in [0.4, 0.5) is 4.79 Å². The number of benzene rings is 1. The third kappa shape index (κ3) is 6.22. The van der Waals surface area contributed by atoms with Gasteiger partial charge in [0.2, 0.25) is 9.84 Å². The number of aliphatic hydroxyl groups is 1. The summed E-state index contributed by atoms with van der Waals surface area (Å²) in [7, 11) is -3.33.